The molecule has 1 saturated heterocycles. The number of hydrogen-bond donors (Lipinski definition) is 2. The molecule has 0 saturated carbocycles. The zero-order valence-corrected chi connectivity index (χ0v) is 10.9. The largest absolute Gasteiger partial charge is 0.358 e. The van der Waals surface area contributed by atoms with Crippen molar-refractivity contribution in [2.75, 3.05) is 19.6 Å². The first-order valence-corrected chi connectivity index (χ1v) is 6.38. The van der Waals surface area contributed by atoms with Crippen molar-refractivity contribution in [1.29, 1.82) is 0 Å². The van der Waals surface area contributed by atoms with Gasteiger partial charge in [0.15, 0.2) is 5.69 Å². The van der Waals surface area contributed by atoms with Crippen LogP contribution in [0.15, 0.2) is 12.1 Å². The van der Waals surface area contributed by atoms with Crippen molar-refractivity contribution in [1.82, 2.24) is 15.2 Å². The van der Waals surface area contributed by atoms with Gasteiger partial charge in [0.05, 0.1) is 7.05 Å². The van der Waals surface area contributed by atoms with Crippen molar-refractivity contribution < 1.29 is 9.72 Å². The Morgan fingerprint density at radius 2 is 2.42 bits per heavy atom. The Hall–Kier alpha value is -1.89. The Morgan fingerprint density at radius 3 is 3.00 bits per heavy atom. The highest BCUT2D eigenvalue weighted by atomic mass is 16.6. The Labute approximate surface area is 111 Å². The highest BCUT2D eigenvalue weighted by Crippen LogP contribution is 2.15. The van der Waals surface area contributed by atoms with E-state index in [0.717, 1.165) is 25.9 Å². The number of nitrogens with one attached hydrogen (secondary N) is 2. The predicted octanol–water partition coefficient (Wildman–Crippen LogP) is 0.663. The fourth-order valence-corrected chi connectivity index (χ4v) is 2.34. The van der Waals surface area contributed by atoms with Crippen LogP contribution in [0.3, 0.4) is 0 Å². The van der Waals surface area contributed by atoms with Crippen LogP contribution in [0, 0.1) is 16.0 Å². The summed E-state index contributed by atoms with van der Waals surface area (Å²) in [4.78, 5) is 22.2. The molecule has 2 heterocycles. The number of piperidine rings is 1. The van der Waals surface area contributed by atoms with Gasteiger partial charge in [-0.15, -0.1) is 0 Å². The maximum Gasteiger partial charge on any atom is 0.323 e. The molecule has 7 nitrogen and oxygen atoms in total. The van der Waals surface area contributed by atoms with E-state index in [1.54, 1.807) is 0 Å². The quantitative estimate of drug-likeness (QED) is 0.619. The SMILES string of the molecule is Cn1c(C(=O)NCC2CCCNC2)ccc1[N+](=O)[O-]. The van der Waals surface area contributed by atoms with Crippen LogP contribution in [0.5, 0.6) is 0 Å². The highest BCUT2D eigenvalue weighted by Gasteiger charge is 2.21. The molecule has 0 bridgehead atoms. The minimum absolute atomic E-state index is 0.0792. The molecule has 1 aromatic rings. The van der Waals surface area contributed by atoms with Crippen LogP contribution in [0.1, 0.15) is 23.3 Å². The summed E-state index contributed by atoms with van der Waals surface area (Å²) in [5.74, 6) is 0.0959. The second-order valence-electron chi connectivity index (χ2n) is 4.82. The van der Waals surface area contributed by atoms with Crippen LogP contribution in [0.25, 0.3) is 0 Å². The van der Waals surface area contributed by atoms with Gasteiger partial charge in [0.2, 0.25) is 0 Å². The molecular weight excluding hydrogens is 248 g/mol. The molecule has 1 aromatic heterocycles. The molecule has 7 heteroatoms. The lowest BCUT2D eigenvalue weighted by molar-refractivity contribution is -0.391. The van der Waals surface area contributed by atoms with Gasteiger partial charge in [0.1, 0.15) is 0 Å². The number of hydrogen-bond acceptors (Lipinski definition) is 4. The predicted molar refractivity (Wildman–Crippen MR) is 70.0 cm³/mol. The molecule has 1 aliphatic rings. The second-order valence-corrected chi connectivity index (χ2v) is 4.82. The van der Waals surface area contributed by atoms with Crippen molar-refractivity contribution >= 4 is 11.7 Å². The van der Waals surface area contributed by atoms with Gasteiger partial charge in [0.25, 0.3) is 5.91 Å². The fourth-order valence-electron chi connectivity index (χ4n) is 2.34. The molecule has 104 valence electrons. The van der Waals surface area contributed by atoms with Crippen LogP contribution in [0.4, 0.5) is 5.82 Å². The van der Waals surface area contributed by atoms with Gasteiger partial charge in [-0.05, 0) is 42.8 Å². The van der Waals surface area contributed by atoms with Gasteiger partial charge in [-0.2, -0.15) is 0 Å². The summed E-state index contributed by atoms with van der Waals surface area (Å²) >= 11 is 0. The Kier molecular flexibility index (Phi) is 4.16. The van der Waals surface area contributed by atoms with E-state index < -0.39 is 4.92 Å². The summed E-state index contributed by atoms with van der Waals surface area (Å²) in [7, 11) is 1.52. The molecule has 1 fully saturated rings. The number of carbonyl (C=O) groups is 1. The normalized spacial score (nSPS) is 19.1. The molecule has 1 unspecified atom stereocenters. The van der Waals surface area contributed by atoms with Gasteiger partial charge in [-0.25, -0.2) is 4.57 Å². The molecule has 0 aliphatic carbocycles. The molecule has 0 spiro atoms. The second kappa shape index (κ2) is 5.83. The summed E-state index contributed by atoms with van der Waals surface area (Å²) in [5, 5.41) is 16.8. The topological polar surface area (TPSA) is 89.2 Å². The third kappa shape index (κ3) is 3.11. The average Bonchev–Trinajstić information content (AvgIpc) is 2.79. The van der Waals surface area contributed by atoms with Crippen LogP contribution in [-0.4, -0.2) is 35.0 Å². The molecule has 0 radical (unpaired) electrons. The number of nitro groups is 1. The summed E-state index contributed by atoms with van der Waals surface area (Å²) in [6.07, 6.45) is 2.22. The molecule has 2 rings (SSSR count). The van der Waals surface area contributed by atoms with Crippen LogP contribution in [0.2, 0.25) is 0 Å². The molecule has 2 N–H and O–H groups in total. The Bertz CT molecular complexity index is 477. The molecular formula is C12H18N4O3. The van der Waals surface area contributed by atoms with Crippen molar-refractivity contribution in [2.24, 2.45) is 13.0 Å². The van der Waals surface area contributed by atoms with Crippen molar-refractivity contribution in [3.8, 4) is 0 Å². The summed E-state index contributed by atoms with van der Waals surface area (Å²) in [6.45, 7) is 2.55. The highest BCUT2D eigenvalue weighted by molar-refractivity contribution is 5.93. The van der Waals surface area contributed by atoms with Gasteiger partial charge >= 0.3 is 5.82 Å². The Balaban J connectivity index is 1.94. The molecule has 19 heavy (non-hydrogen) atoms. The molecule has 1 atom stereocenters. The number of carbonyl (C=O) groups excluding carboxylic acids is 1. The number of rotatable bonds is 4. The standard InChI is InChI=1S/C12H18N4O3/c1-15-10(4-5-11(15)16(18)19)12(17)14-8-9-3-2-6-13-7-9/h4-5,9,13H,2-3,6-8H2,1H3,(H,14,17). The zero-order chi connectivity index (χ0) is 13.8. The first-order chi connectivity index (χ1) is 9.09. The van der Waals surface area contributed by atoms with Crippen molar-refractivity contribution in [2.45, 2.75) is 12.8 Å². The van der Waals surface area contributed by atoms with Crippen molar-refractivity contribution in [3.05, 3.63) is 27.9 Å². The molecule has 1 amide bonds. The summed E-state index contributed by atoms with van der Waals surface area (Å²) < 4.78 is 1.30. The maximum atomic E-state index is 12.0. The lowest BCUT2D eigenvalue weighted by atomic mass is 10.00. The number of amides is 1. The average molecular weight is 266 g/mol. The van der Waals surface area contributed by atoms with Gasteiger partial charge < -0.3 is 20.7 Å². The van der Waals surface area contributed by atoms with E-state index >= 15 is 0 Å². The van der Waals surface area contributed by atoms with Gasteiger partial charge in [-0.1, -0.05) is 0 Å². The fraction of sp³-hybridized carbons (Fsp3) is 0.583. The molecule has 0 aromatic carbocycles. The summed E-state index contributed by atoms with van der Waals surface area (Å²) in [6, 6.07) is 2.82. The third-order valence-electron chi connectivity index (χ3n) is 3.47. The van der Waals surface area contributed by atoms with E-state index in [-0.39, 0.29) is 11.7 Å². The monoisotopic (exact) mass is 266 g/mol. The van der Waals surface area contributed by atoms with Gasteiger partial charge in [0, 0.05) is 12.6 Å². The van der Waals surface area contributed by atoms with Gasteiger partial charge in [-0.3, -0.25) is 4.79 Å². The number of aromatic nitrogens is 1. The minimum Gasteiger partial charge on any atom is -0.358 e. The van der Waals surface area contributed by atoms with E-state index in [2.05, 4.69) is 10.6 Å². The maximum absolute atomic E-state index is 12.0. The van der Waals surface area contributed by atoms with Crippen LogP contribution < -0.4 is 10.6 Å². The summed E-state index contributed by atoms with van der Waals surface area (Å²) in [5.41, 5.74) is 0.315. The third-order valence-corrected chi connectivity index (χ3v) is 3.47. The van der Waals surface area contributed by atoms with Crippen LogP contribution >= 0.6 is 0 Å². The number of nitrogens with zero attached hydrogens (tertiary/aromatic N) is 2. The van der Waals surface area contributed by atoms with E-state index in [1.807, 2.05) is 0 Å². The lowest BCUT2D eigenvalue weighted by Crippen LogP contribution is -2.38. The van der Waals surface area contributed by atoms with E-state index in [0.29, 0.717) is 18.2 Å². The first kappa shape index (κ1) is 13.5. The Morgan fingerprint density at radius 1 is 1.63 bits per heavy atom. The zero-order valence-electron chi connectivity index (χ0n) is 10.9. The van der Waals surface area contributed by atoms with E-state index in [1.165, 1.54) is 23.7 Å². The lowest BCUT2D eigenvalue weighted by Gasteiger charge is -2.22. The van der Waals surface area contributed by atoms with Crippen molar-refractivity contribution in [3.63, 3.8) is 0 Å². The smallest absolute Gasteiger partial charge is 0.323 e. The van der Waals surface area contributed by atoms with E-state index in [9.17, 15) is 14.9 Å². The van der Waals surface area contributed by atoms with E-state index in [4.69, 9.17) is 0 Å². The van der Waals surface area contributed by atoms with Crippen LogP contribution in [-0.2, 0) is 7.05 Å². The first-order valence-electron chi connectivity index (χ1n) is 6.38. The molecule has 1 aliphatic heterocycles. The minimum atomic E-state index is -0.498.